The van der Waals surface area contributed by atoms with Crippen LogP contribution >= 0.6 is 0 Å². The summed E-state index contributed by atoms with van der Waals surface area (Å²) < 4.78 is 5.43. The van der Waals surface area contributed by atoms with Gasteiger partial charge in [-0.05, 0) is 19.8 Å². The highest BCUT2D eigenvalue weighted by molar-refractivity contribution is 4.52. The third-order valence-electron chi connectivity index (χ3n) is 1.47. The standard InChI is InChI=1S/C8H18O/c1-4-7-8(5-2)9-6-3/h8H,4-7H2,1-3H3/t8-/m0/s1. The number of ether oxygens (including phenoxy) is 1. The lowest BCUT2D eigenvalue weighted by Crippen LogP contribution is -2.10. The van der Waals surface area contributed by atoms with Gasteiger partial charge in [0, 0.05) is 6.61 Å². The quantitative estimate of drug-likeness (QED) is 0.556. The summed E-state index contributed by atoms with van der Waals surface area (Å²) in [7, 11) is 0. The van der Waals surface area contributed by atoms with Gasteiger partial charge in [-0.25, -0.2) is 0 Å². The first kappa shape index (κ1) is 8.96. The van der Waals surface area contributed by atoms with Crippen molar-refractivity contribution in [2.75, 3.05) is 6.61 Å². The molecule has 0 aromatic carbocycles. The van der Waals surface area contributed by atoms with E-state index in [4.69, 9.17) is 4.74 Å². The first-order valence-corrected chi connectivity index (χ1v) is 3.96. The predicted molar refractivity (Wildman–Crippen MR) is 40.6 cm³/mol. The molecule has 0 aliphatic rings. The summed E-state index contributed by atoms with van der Waals surface area (Å²) in [5.41, 5.74) is 0. The van der Waals surface area contributed by atoms with Gasteiger partial charge in [-0.15, -0.1) is 0 Å². The normalized spacial score (nSPS) is 13.7. The van der Waals surface area contributed by atoms with Gasteiger partial charge in [-0.2, -0.15) is 0 Å². The van der Waals surface area contributed by atoms with Crippen LogP contribution in [0, 0.1) is 0 Å². The summed E-state index contributed by atoms with van der Waals surface area (Å²) in [6.07, 6.45) is 4.12. The van der Waals surface area contributed by atoms with Crippen molar-refractivity contribution in [3.8, 4) is 0 Å². The van der Waals surface area contributed by atoms with E-state index >= 15 is 0 Å². The molecule has 56 valence electrons. The minimum Gasteiger partial charge on any atom is -0.379 e. The van der Waals surface area contributed by atoms with Gasteiger partial charge in [0.25, 0.3) is 0 Å². The fourth-order valence-electron chi connectivity index (χ4n) is 0.963. The summed E-state index contributed by atoms with van der Waals surface area (Å²) in [6.45, 7) is 7.29. The van der Waals surface area contributed by atoms with Crippen LogP contribution in [0.15, 0.2) is 0 Å². The van der Waals surface area contributed by atoms with Crippen molar-refractivity contribution in [2.45, 2.75) is 46.1 Å². The highest BCUT2D eigenvalue weighted by Gasteiger charge is 2.01. The molecule has 1 nitrogen and oxygen atoms in total. The fraction of sp³-hybridized carbons (Fsp3) is 1.00. The zero-order valence-corrected chi connectivity index (χ0v) is 6.81. The fourth-order valence-corrected chi connectivity index (χ4v) is 0.963. The van der Waals surface area contributed by atoms with Crippen LogP contribution in [0.1, 0.15) is 40.0 Å². The van der Waals surface area contributed by atoms with Gasteiger partial charge in [0.2, 0.25) is 0 Å². The molecule has 0 aliphatic heterocycles. The molecule has 1 atom stereocenters. The van der Waals surface area contributed by atoms with E-state index < -0.39 is 0 Å². The highest BCUT2D eigenvalue weighted by Crippen LogP contribution is 2.04. The van der Waals surface area contributed by atoms with Gasteiger partial charge in [-0.3, -0.25) is 0 Å². The molecule has 0 N–H and O–H groups in total. The van der Waals surface area contributed by atoms with E-state index in [0.717, 1.165) is 13.0 Å². The highest BCUT2D eigenvalue weighted by atomic mass is 16.5. The lowest BCUT2D eigenvalue weighted by molar-refractivity contribution is 0.0538. The molecular formula is C8H18O. The third-order valence-corrected chi connectivity index (χ3v) is 1.47. The Hall–Kier alpha value is -0.0400. The average molecular weight is 130 g/mol. The van der Waals surface area contributed by atoms with Crippen molar-refractivity contribution in [3.05, 3.63) is 0 Å². The molecule has 0 aromatic rings. The van der Waals surface area contributed by atoms with Crippen LogP contribution in [0.25, 0.3) is 0 Å². The Morgan fingerprint density at radius 3 is 2.22 bits per heavy atom. The van der Waals surface area contributed by atoms with Crippen molar-refractivity contribution in [3.63, 3.8) is 0 Å². The van der Waals surface area contributed by atoms with E-state index in [-0.39, 0.29) is 0 Å². The molecule has 0 amide bonds. The van der Waals surface area contributed by atoms with Crippen LogP contribution in [-0.4, -0.2) is 12.7 Å². The summed E-state index contributed by atoms with van der Waals surface area (Å²) in [4.78, 5) is 0. The van der Waals surface area contributed by atoms with Gasteiger partial charge >= 0.3 is 0 Å². The third kappa shape index (κ3) is 4.46. The zero-order valence-electron chi connectivity index (χ0n) is 6.81. The smallest absolute Gasteiger partial charge is 0.0572 e. The molecule has 0 aromatic heterocycles. The van der Waals surface area contributed by atoms with Crippen LogP contribution < -0.4 is 0 Å². The largest absolute Gasteiger partial charge is 0.379 e. The molecule has 0 heterocycles. The molecule has 1 heteroatoms. The molecule has 0 rings (SSSR count). The molecule has 0 unspecified atom stereocenters. The molecule has 0 saturated heterocycles. The van der Waals surface area contributed by atoms with E-state index in [1.165, 1.54) is 12.8 Å². The zero-order chi connectivity index (χ0) is 7.11. The Morgan fingerprint density at radius 2 is 1.89 bits per heavy atom. The first-order valence-electron chi connectivity index (χ1n) is 3.96. The van der Waals surface area contributed by atoms with E-state index in [9.17, 15) is 0 Å². The Bertz CT molecular complexity index is 46.5. The van der Waals surface area contributed by atoms with E-state index in [2.05, 4.69) is 20.8 Å². The van der Waals surface area contributed by atoms with E-state index in [1.54, 1.807) is 0 Å². The van der Waals surface area contributed by atoms with Gasteiger partial charge in [0.15, 0.2) is 0 Å². The van der Waals surface area contributed by atoms with Crippen LogP contribution in [0.4, 0.5) is 0 Å². The molecule has 0 radical (unpaired) electrons. The van der Waals surface area contributed by atoms with Crippen molar-refractivity contribution < 1.29 is 4.74 Å². The summed E-state index contributed by atoms with van der Waals surface area (Å²) >= 11 is 0. The predicted octanol–water partition coefficient (Wildman–Crippen LogP) is 2.60. The van der Waals surface area contributed by atoms with E-state index in [1.807, 2.05) is 0 Å². The molecule has 0 fully saturated rings. The van der Waals surface area contributed by atoms with Crippen LogP contribution in [0.3, 0.4) is 0 Å². The van der Waals surface area contributed by atoms with Crippen LogP contribution in [-0.2, 0) is 4.74 Å². The second kappa shape index (κ2) is 6.09. The molecule has 0 aliphatic carbocycles. The van der Waals surface area contributed by atoms with Crippen molar-refractivity contribution in [1.29, 1.82) is 0 Å². The second-order valence-electron chi connectivity index (χ2n) is 2.27. The molecule has 0 spiro atoms. The molecular weight excluding hydrogens is 112 g/mol. The van der Waals surface area contributed by atoms with Crippen LogP contribution in [0.5, 0.6) is 0 Å². The Morgan fingerprint density at radius 1 is 1.22 bits per heavy atom. The Kier molecular flexibility index (Phi) is 6.06. The lowest BCUT2D eigenvalue weighted by Gasteiger charge is -2.12. The molecule has 0 saturated carbocycles. The topological polar surface area (TPSA) is 9.23 Å². The maximum absolute atomic E-state index is 5.43. The van der Waals surface area contributed by atoms with Crippen LogP contribution in [0.2, 0.25) is 0 Å². The van der Waals surface area contributed by atoms with Crippen molar-refractivity contribution in [2.24, 2.45) is 0 Å². The summed E-state index contributed by atoms with van der Waals surface area (Å²) in [6, 6.07) is 0. The number of hydrogen-bond acceptors (Lipinski definition) is 1. The van der Waals surface area contributed by atoms with Gasteiger partial charge in [-0.1, -0.05) is 20.3 Å². The number of rotatable bonds is 5. The first-order chi connectivity index (χ1) is 4.35. The minimum atomic E-state index is 0.514. The summed E-state index contributed by atoms with van der Waals surface area (Å²) in [5, 5.41) is 0. The SMILES string of the molecule is CCC[C@H](CC)OCC. The summed E-state index contributed by atoms with van der Waals surface area (Å²) in [5.74, 6) is 0. The van der Waals surface area contributed by atoms with Crippen molar-refractivity contribution >= 4 is 0 Å². The Labute approximate surface area is 58.4 Å². The average Bonchev–Trinajstić information content (AvgIpc) is 1.88. The maximum Gasteiger partial charge on any atom is 0.0572 e. The van der Waals surface area contributed by atoms with Gasteiger partial charge in [0.1, 0.15) is 0 Å². The van der Waals surface area contributed by atoms with Gasteiger partial charge in [0.05, 0.1) is 6.10 Å². The second-order valence-corrected chi connectivity index (χ2v) is 2.27. The minimum absolute atomic E-state index is 0.514. The Balaban J connectivity index is 3.18. The molecule has 9 heavy (non-hydrogen) atoms. The van der Waals surface area contributed by atoms with Crippen molar-refractivity contribution in [1.82, 2.24) is 0 Å². The number of hydrogen-bond donors (Lipinski definition) is 0. The van der Waals surface area contributed by atoms with Gasteiger partial charge < -0.3 is 4.74 Å². The monoisotopic (exact) mass is 130 g/mol. The molecule has 0 bridgehead atoms. The maximum atomic E-state index is 5.43. The van der Waals surface area contributed by atoms with E-state index in [0.29, 0.717) is 6.10 Å². The lowest BCUT2D eigenvalue weighted by atomic mass is 10.2.